The lowest BCUT2D eigenvalue weighted by Crippen LogP contribution is -2.20. The van der Waals surface area contributed by atoms with Crippen LogP contribution in [0.2, 0.25) is 0 Å². The van der Waals surface area contributed by atoms with Crippen LogP contribution < -0.4 is 0 Å². The van der Waals surface area contributed by atoms with Crippen molar-refractivity contribution in [1.82, 2.24) is 0 Å². The van der Waals surface area contributed by atoms with Crippen molar-refractivity contribution in [2.75, 3.05) is 0 Å². The Kier molecular flexibility index (Phi) is 3.08. The van der Waals surface area contributed by atoms with Crippen molar-refractivity contribution in [2.24, 2.45) is 11.8 Å². The molecule has 1 atom stereocenters. The molecule has 0 aliphatic heterocycles. The minimum atomic E-state index is 1.08. The predicted molar refractivity (Wildman–Crippen MR) is 52.8 cm³/mol. The van der Waals surface area contributed by atoms with Crippen LogP contribution in [0.4, 0.5) is 0 Å². The molecule has 2 saturated carbocycles. The van der Waals surface area contributed by atoms with Crippen molar-refractivity contribution in [3.63, 3.8) is 0 Å². The lowest BCUT2D eigenvalue weighted by molar-refractivity contribution is 0.216. The predicted octanol–water partition coefficient (Wildman–Crippen LogP) is 3.96. The maximum Gasteiger partial charge on any atom is -0.0383 e. The van der Waals surface area contributed by atoms with E-state index in [0.29, 0.717) is 0 Å². The van der Waals surface area contributed by atoms with Gasteiger partial charge in [-0.05, 0) is 24.7 Å². The van der Waals surface area contributed by atoms with E-state index in [1.165, 1.54) is 44.9 Å². The zero-order chi connectivity index (χ0) is 8.23. The van der Waals surface area contributed by atoms with Gasteiger partial charge in [0.2, 0.25) is 0 Å². The summed E-state index contributed by atoms with van der Waals surface area (Å²) in [6.07, 6.45) is 16.0. The zero-order valence-corrected chi connectivity index (χ0v) is 8.10. The fourth-order valence-corrected chi connectivity index (χ4v) is 3.01. The Hall–Kier alpha value is 0. The second-order valence-electron chi connectivity index (χ2n) is 4.61. The van der Waals surface area contributed by atoms with E-state index in [4.69, 9.17) is 0 Å². The smallest absolute Gasteiger partial charge is 0.0383 e. The second-order valence-corrected chi connectivity index (χ2v) is 4.61. The lowest BCUT2D eigenvalue weighted by atomic mass is 9.73. The molecule has 12 heavy (non-hydrogen) atoms. The van der Waals surface area contributed by atoms with Crippen LogP contribution in [0.15, 0.2) is 0 Å². The molecule has 0 N–H and O–H groups in total. The first-order valence-electron chi connectivity index (χ1n) is 5.78. The average Bonchev–Trinajstić information content (AvgIpc) is 2.21. The molecular weight excluding hydrogens is 144 g/mol. The molecule has 0 bridgehead atoms. The third-order valence-electron chi connectivity index (χ3n) is 3.77. The largest absolute Gasteiger partial charge is 0.0533 e. The number of hydrogen-bond donors (Lipinski definition) is 0. The molecule has 69 valence electrons. The average molecular weight is 165 g/mol. The van der Waals surface area contributed by atoms with Gasteiger partial charge < -0.3 is 0 Å². The monoisotopic (exact) mass is 165 g/mol. The van der Waals surface area contributed by atoms with Gasteiger partial charge in [0, 0.05) is 0 Å². The van der Waals surface area contributed by atoms with E-state index in [1.54, 1.807) is 12.8 Å². The van der Waals surface area contributed by atoms with E-state index in [2.05, 4.69) is 6.42 Å². The molecule has 0 aromatic rings. The summed E-state index contributed by atoms with van der Waals surface area (Å²) >= 11 is 0. The van der Waals surface area contributed by atoms with E-state index in [0.717, 1.165) is 11.8 Å². The zero-order valence-electron chi connectivity index (χ0n) is 8.10. The SMILES string of the molecule is [CH]1CCCC(C2CCCCC2)C1. The lowest BCUT2D eigenvalue weighted by Gasteiger charge is -2.32. The summed E-state index contributed by atoms with van der Waals surface area (Å²) in [5.74, 6) is 2.19. The van der Waals surface area contributed by atoms with Crippen LogP contribution in [0, 0.1) is 18.3 Å². The fraction of sp³-hybridized carbons (Fsp3) is 0.917. The van der Waals surface area contributed by atoms with Crippen LogP contribution in [0.5, 0.6) is 0 Å². The van der Waals surface area contributed by atoms with Crippen LogP contribution >= 0.6 is 0 Å². The van der Waals surface area contributed by atoms with Gasteiger partial charge in [0.05, 0.1) is 0 Å². The first kappa shape index (κ1) is 8.59. The molecule has 2 aliphatic rings. The van der Waals surface area contributed by atoms with Gasteiger partial charge in [0.25, 0.3) is 0 Å². The van der Waals surface area contributed by atoms with Gasteiger partial charge in [-0.2, -0.15) is 0 Å². The molecule has 2 fully saturated rings. The molecule has 0 heteroatoms. The molecule has 0 nitrogen and oxygen atoms in total. The Balaban J connectivity index is 1.80. The third kappa shape index (κ3) is 2.02. The minimum Gasteiger partial charge on any atom is -0.0533 e. The Labute approximate surface area is 76.7 Å². The summed E-state index contributed by atoms with van der Waals surface area (Å²) in [6.45, 7) is 0. The Morgan fingerprint density at radius 3 is 2.17 bits per heavy atom. The molecule has 0 saturated heterocycles. The van der Waals surface area contributed by atoms with Crippen LogP contribution in [0.1, 0.15) is 57.8 Å². The van der Waals surface area contributed by atoms with E-state index >= 15 is 0 Å². The molecule has 0 amide bonds. The molecule has 1 radical (unpaired) electrons. The summed E-state index contributed by atoms with van der Waals surface area (Å²) in [5.41, 5.74) is 0. The summed E-state index contributed by atoms with van der Waals surface area (Å²) < 4.78 is 0. The van der Waals surface area contributed by atoms with Gasteiger partial charge in [-0.1, -0.05) is 51.4 Å². The van der Waals surface area contributed by atoms with Crippen molar-refractivity contribution in [1.29, 1.82) is 0 Å². The topological polar surface area (TPSA) is 0 Å². The van der Waals surface area contributed by atoms with Crippen molar-refractivity contribution in [3.05, 3.63) is 6.42 Å². The summed E-state index contributed by atoms with van der Waals surface area (Å²) in [5, 5.41) is 0. The minimum absolute atomic E-state index is 1.08. The van der Waals surface area contributed by atoms with Crippen molar-refractivity contribution < 1.29 is 0 Å². The van der Waals surface area contributed by atoms with Crippen LogP contribution in [-0.2, 0) is 0 Å². The highest BCUT2D eigenvalue weighted by atomic mass is 14.3. The molecule has 0 aromatic heterocycles. The Morgan fingerprint density at radius 2 is 1.50 bits per heavy atom. The van der Waals surface area contributed by atoms with Gasteiger partial charge in [-0.25, -0.2) is 0 Å². The van der Waals surface area contributed by atoms with Crippen molar-refractivity contribution in [3.8, 4) is 0 Å². The Bertz CT molecular complexity index is 100. The normalized spacial score (nSPS) is 29.0. The van der Waals surface area contributed by atoms with Gasteiger partial charge in [0.15, 0.2) is 0 Å². The molecule has 2 rings (SSSR count). The molecule has 0 spiro atoms. The highest BCUT2D eigenvalue weighted by Gasteiger charge is 2.24. The van der Waals surface area contributed by atoms with E-state index < -0.39 is 0 Å². The second kappa shape index (κ2) is 4.30. The van der Waals surface area contributed by atoms with Crippen molar-refractivity contribution in [2.45, 2.75) is 57.8 Å². The maximum atomic E-state index is 2.53. The van der Waals surface area contributed by atoms with E-state index in [1.807, 2.05) is 0 Å². The van der Waals surface area contributed by atoms with Crippen LogP contribution in [0.3, 0.4) is 0 Å². The quantitative estimate of drug-likeness (QED) is 0.551. The summed E-state index contributed by atoms with van der Waals surface area (Å²) in [4.78, 5) is 0. The van der Waals surface area contributed by atoms with Crippen LogP contribution in [0.25, 0.3) is 0 Å². The van der Waals surface area contributed by atoms with E-state index in [-0.39, 0.29) is 0 Å². The van der Waals surface area contributed by atoms with Gasteiger partial charge in [-0.3, -0.25) is 0 Å². The molecular formula is C12H21. The number of rotatable bonds is 1. The standard InChI is InChI=1S/C12H21/c1-3-7-11(8-4-1)12-9-5-2-6-10-12/h3,11-12H,1-2,4-10H2. The summed E-state index contributed by atoms with van der Waals surface area (Å²) in [7, 11) is 0. The third-order valence-corrected chi connectivity index (χ3v) is 3.77. The van der Waals surface area contributed by atoms with Gasteiger partial charge in [-0.15, -0.1) is 0 Å². The van der Waals surface area contributed by atoms with Gasteiger partial charge in [0.1, 0.15) is 0 Å². The molecule has 0 heterocycles. The van der Waals surface area contributed by atoms with Crippen molar-refractivity contribution >= 4 is 0 Å². The number of hydrogen-bond acceptors (Lipinski definition) is 0. The first-order chi connectivity index (χ1) is 5.97. The highest BCUT2D eigenvalue weighted by Crippen LogP contribution is 2.37. The maximum absolute atomic E-state index is 2.53. The van der Waals surface area contributed by atoms with Gasteiger partial charge >= 0.3 is 0 Å². The van der Waals surface area contributed by atoms with Crippen LogP contribution in [-0.4, -0.2) is 0 Å². The Morgan fingerprint density at radius 1 is 0.750 bits per heavy atom. The molecule has 1 unspecified atom stereocenters. The first-order valence-corrected chi connectivity index (χ1v) is 5.78. The highest BCUT2D eigenvalue weighted by molar-refractivity contribution is 4.83. The van der Waals surface area contributed by atoms with E-state index in [9.17, 15) is 0 Å². The molecule has 0 aromatic carbocycles. The molecule has 2 aliphatic carbocycles. The fourth-order valence-electron chi connectivity index (χ4n) is 3.01. The summed E-state index contributed by atoms with van der Waals surface area (Å²) in [6, 6.07) is 0.